The zero-order chi connectivity index (χ0) is 14.8. The molecular formula is C15H25N5O. The topological polar surface area (TPSA) is 67.4 Å². The van der Waals surface area contributed by atoms with Crippen LogP contribution >= 0.6 is 0 Å². The van der Waals surface area contributed by atoms with Crippen molar-refractivity contribution in [3.63, 3.8) is 0 Å². The first-order valence-corrected chi connectivity index (χ1v) is 7.90. The van der Waals surface area contributed by atoms with E-state index in [1.807, 2.05) is 29.0 Å². The number of anilines is 1. The van der Waals surface area contributed by atoms with Crippen molar-refractivity contribution in [2.75, 3.05) is 31.1 Å². The number of aromatic nitrogens is 2. The average molecular weight is 291 g/mol. The van der Waals surface area contributed by atoms with Crippen LogP contribution in [-0.2, 0) is 11.8 Å². The molecule has 2 atom stereocenters. The van der Waals surface area contributed by atoms with Gasteiger partial charge in [0.15, 0.2) is 0 Å². The maximum absolute atomic E-state index is 12.4. The zero-order valence-corrected chi connectivity index (χ0v) is 12.7. The molecule has 1 aromatic rings. The average Bonchev–Trinajstić information content (AvgIpc) is 3.08. The Hall–Kier alpha value is -1.56. The van der Waals surface area contributed by atoms with Gasteiger partial charge in [0.1, 0.15) is 0 Å². The van der Waals surface area contributed by atoms with Gasteiger partial charge in [-0.1, -0.05) is 6.42 Å². The molecule has 2 N–H and O–H groups in total. The van der Waals surface area contributed by atoms with Gasteiger partial charge in [0.25, 0.3) is 0 Å². The molecule has 1 amide bonds. The first kappa shape index (κ1) is 14.4. The summed E-state index contributed by atoms with van der Waals surface area (Å²) >= 11 is 0. The second kappa shape index (κ2) is 6.05. The minimum Gasteiger partial charge on any atom is -0.365 e. The maximum Gasteiger partial charge on any atom is 0.223 e. The van der Waals surface area contributed by atoms with Gasteiger partial charge in [-0.3, -0.25) is 9.48 Å². The van der Waals surface area contributed by atoms with Crippen molar-refractivity contribution >= 4 is 11.6 Å². The summed E-state index contributed by atoms with van der Waals surface area (Å²) in [6.45, 7) is 3.37. The van der Waals surface area contributed by atoms with Crippen molar-refractivity contribution < 1.29 is 4.79 Å². The fraction of sp³-hybridized carbons (Fsp3) is 0.733. The highest BCUT2D eigenvalue weighted by atomic mass is 16.2. The van der Waals surface area contributed by atoms with Crippen LogP contribution in [-0.4, -0.2) is 52.8 Å². The van der Waals surface area contributed by atoms with E-state index in [2.05, 4.69) is 10.00 Å². The summed E-state index contributed by atoms with van der Waals surface area (Å²) in [6.07, 6.45) is 7.90. The van der Waals surface area contributed by atoms with Crippen molar-refractivity contribution in [1.29, 1.82) is 0 Å². The van der Waals surface area contributed by atoms with Gasteiger partial charge in [-0.25, -0.2) is 0 Å². The fourth-order valence-corrected chi connectivity index (χ4v) is 3.46. The molecule has 1 aliphatic carbocycles. The zero-order valence-electron chi connectivity index (χ0n) is 12.7. The predicted molar refractivity (Wildman–Crippen MR) is 81.9 cm³/mol. The Balaban J connectivity index is 1.50. The molecule has 1 saturated carbocycles. The van der Waals surface area contributed by atoms with E-state index in [4.69, 9.17) is 5.73 Å². The van der Waals surface area contributed by atoms with E-state index < -0.39 is 0 Å². The van der Waals surface area contributed by atoms with E-state index in [9.17, 15) is 4.79 Å². The lowest BCUT2D eigenvalue weighted by atomic mass is 9.99. The number of carbonyl (C=O) groups is 1. The third-order valence-electron chi connectivity index (χ3n) is 4.84. The van der Waals surface area contributed by atoms with E-state index in [-0.39, 0.29) is 11.9 Å². The van der Waals surface area contributed by atoms with Gasteiger partial charge >= 0.3 is 0 Å². The Kier molecular flexibility index (Phi) is 4.14. The molecule has 2 fully saturated rings. The number of amides is 1. The van der Waals surface area contributed by atoms with E-state index in [0.717, 1.165) is 44.7 Å². The highest BCUT2D eigenvalue weighted by Crippen LogP contribution is 2.27. The molecule has 6 heteroatoms. The van der Waals surface area contributed by atoms with Crippen molar-refractivity contribution in [3.05, 3.63) is 12.4 Å². The molecule has 0 spiro atoms. The molecule has 1 saturated heterocycles. The molecule has 21 heavy (non-hydrogen) atoms. The van der Waals surface area contributed by atoms with E-state index in [0.29, 0.717) is 12.3 Å². The van der Waals surface area contributed by atoms with Crippen LogP contribution in [0.15, 0.2) is 12.4 Å². The van der Waals surface area contributed by atoms with E-state index in [1.165, 1.54) is 6.42 Å². The van der Waals surface area contributed by atoms with Gasteiger partial charge in [0.05, 0.1) is 11.9 Å². The van der Waals surface area contributed by atoms with Crippen LogP contribution in [0.5, 0.6) is 0 Å². The van der Waals surface area contributed by atoms with Gasteiger partial charge in [0.2, 0.25) is 5.91 Å². The SMILES string of the molecule is Cn1cc(N2CCN(C(=O)C[C@@H]3CCC[C@H]3N)CC2)cn1. The molecule has 116 valence electrons. The van der Waals surface area contributed by atoms with Crippen molar-refractivity contribution in [2.45, 2.75) is 31.7 Å². The second-order valence-corrected chi connectivity index (χ2v) is 6.30. The third-order valence-corrected chi connectivity index (χ3v) is 4.84. The summed E-state index contributed by atoms with van der Waals surface area (Å²) in [5.41, 5.74) is 7.21. The van der Waals surface area contributed by atoms with Crippen molar-refractivity contribution in [1.82, 2.24) is 14.7 Å². The van der Waals surface area contributed by atoms with E-state index in [1.54, 1.807) is 0 Å². The maximum atomic E-state index is 12.4. The number of aryl methyl sites for hydroxylation is 1. The predicted octanol–water partition coefficient (Wildman–Crippen LogP) is 0.586. The summed E-state index contributed by atoms with van der Waals surface area (Å²) in [4.78, 5) is 16.7. The van der Waals surface area contributed by atoms with Crippen molar-refractivity contribution in [2.24, 2.45) is 18.7 Å². The van der Waals surface area contributed by atoms with Gasteiger partial charge < -0.3 is 15.5 Å². The first-order valence-electron chi connectivity index (χ1n) is 7.90. The Morgan fingerprint density at radius 3 is 2.67 bits per heavy atom. The number of nitrogens with zero attached hydrogens (tertiary/aromatic N) is 4. The minimum atomic E-state index is 0.227. The molecule has 2 heterocycles. The lowest BCUT2D eigenvalue weighted by molar-refractivity contribution is -0.132. The van der Waals surface area contributed by atoms with Gasteiger partial charge in [-0.2, -0.15) is 5.10 Å². The summed E-state index contributed by atoms with van der Waals surface area (Å²) in [7, 11) is 1.92. The van der Waals surface area contributed by atoms with Crippen LogP contribution in [0.2, 0.25) is 0 Å². The van der Waals surface area contributed by atoms with Crippen LogP contribution in [0.25, 0.3) is 0 Å². The van der Waals surface area contributed by atoms with Gasteiger partial charge in [0, 0.05) is 51.9 Å². The van der Waals surface area contributed by atoms with Gasteiger partial charge in [-0.15, -0.1) is 0 Å². The molecule has 0 radical (unpaired) electrons. The summed E-state index contributed by atoms with van der Waals surface area (Å²) in [5.74, 6) is 0.678. The Morgan fingerprint density at radius 1 is 1.33 bits per heavy atom. The number of piperazine rings is 1. The lowest BCUT2D eigenvalue weighted by Crippen LogP contribution is -2.49. The summed E-state index contributed by atoms with van der Waals surface area (Å²) in [5, 5.41) is 4.20. The van der Waals surface area contributed by atoms with Crippen molar-refractivity contribution in [3.8, 4) is 0 Å². The second-order valence-electron chi connectivity index (χ2n) is 6.30. The first-order chi connectivity index (χ1) is 10.1. The molecule has 0 aromatic carbocycles. The molecule has 0 bridgehead atoms. The Labute approximate surface area is 125 Å². The number of hydrogen-bond acceptors (Lipinski definition) is 4. The standard InChI is InChI=1S/C15H25N5O/c1-18-11-13(10-17-18)19-5-7-20(8-6-19)15(21)9-12-3-2-4-14(12)16/h10-12,14H,2-9,16H2,1H3/t12-,14+/m0/s1. The third kappa shape index (κ3) is 3.20. The molecule has 1 aliphatic heterocycles. The number of carbonyl (C=O) groups excluding carboxylic acids is 1. The number of hydrogen-bond donors (Lipinski definition) is 1. The molecule has 6 nitrogen and oxygen atoms in total. The fourth-order valence-electron chi connectivity index (χ4n) is 3.46. The highest BCUT2D eigenvalue weighted by Gasteiger charge is 2.29. The monoisotopic (exact) mass is 291 g/mol. The molecule has 1 aromatic heterocycles. The Bertz CT molecular complexity index is 492. The lowest BCUT2D eigenvalue weighted by Gasteiger charge is -2.36. The number of nitrogens with two attached hydrogens (primary N) is 1. The largest absolute Gasteiger partial charge is 0.365 e. The molecular weight excluding hydrogens is 266 g/mol. The summed E-state index contributed by atoms with van der Waals surface area (Å²) in [6, 6.07) is 0.227. The molecule has 3 rings (SSSR count). The molecule has 2 aliphatic rings. The highest BCUT2D eigenvalue weighted by molar-refractivity contribution is 5.77. The normalized spacial score (nSPS) is 26.4. The van der Waals surface area contributed by atoms with Crippen LogP contribution in [0.4, 0.5) is 5.69 Å². The van der Waals surface area contributed by atoms with Crippen LogP contribution < -0.4 is 10.6 Å². The summed E-state index contributed by atoms with van der Waals surface area (Å²) < 4.78 is 1.81. The number of rotatable bonds is 3. The van der Waals surface area contributed by atoms with Gasteiger partial charge in [-0.05, 0) is 18.8 Å². The van der Waals surface area contributed by atoms with Crippen LogP contribution in [0.1, 0.15) is 25.7 Å². The quantitative estimate of drug-likeness (QED) is 0.885. The van der Waals surface area contributed by atoms with Crippen LogP contribution in [0, 0.1) is 5.92 Å². The smallest absolute Gasteiger partial charge is 0.223 e. The van der Waals surface area contributed by atoms with E-state index >= 15 is 0 Å². The van der Waals surface area contributed by atoms with Crippen LogP contribution in [0.3, 0.4) is 0 Å². The molecule has 0 unspecified atom stereocenters. The minimum absolute atomic E-state index is 0.227. The Morgan fingerprint density at radius 2 is 2.10 bits per heavy atom.